The van der Waals surface area contributed by atoms with Gasteiger partial charge in [-0.25, -0.2) is 0 Å². The number of hydrogen-bond donors (Lipinski definition) is 1. The normalized spacial score (nSPS) is 12.1. The van der Waals surface area contributed by atoms with E-state index in [0.717, 1.165) is 30.5 Å². The number of carbonyl (C=O) groups is 1. The molecule has 3 aromatic rings. The number of pyridine rings is 1. The van der Waals surface area contributed by atoms with Crippen LogP contribution in [0.5, 0.6) is 0 Å². The molecule has 3 nitrogen and oxygen atoms in total. The Balaban J connectivity index is 2.28. The predicted octanol–water partition coefficient (Wildman–Crippen LogP) is 6.08. The van der Waals surface area contributed by atoms with Crippen LogP contribution in [0.3, 0.4) is 0 Å². The molecule has 0 aliphatic heterocycles. The molecule has 1 N–H and O–H groups in total. The largest absolute Gasteiger partial charge is 0.481 e. The van der Waals surface area contributed by atoms with Crippen LogP contribution in [0.15, 0.2) is 60.8 Å². The summed E-state index contributed by atoms with van der Waals surface area (Å²) in [5.41, 5.74) is -3.12. The van der Waals surface area contributed by atoms with Crippen LogP contribution in [-0.4, -0.2) is 16.1 Å². The molecule has 0 aliphatic carbocycles. The molecular formula is C21H13F6NO2. The molecule has 0 saturated heterocycles. The number of aliphatic carboxylic acids is 1. The molecule has 9 heteroatoms. The van der Waals surface area contributed by atoms with Crippen LogP contribution >= 0.6 is 0 Å². The molecule has 0 fully saturated rings. The molecule has 1 heterocycles. The summed E-state index contributed by atoms with van der Waals surface area (Å²) in [5, 5.41) is 9.09. The Morgan fingerprint density at radius 2 is 1.30 bits per heavy atom. The average molecular weight is 425 g/mol. The van der Waals surface area contributed by atoms with Gasteiger partial charge in [0, 0.05) is 17.3 Å². The van der Waals surface area contributed by atoms with Crippen molar-refractivity contribution in [3.05, 3.63) is 77.6 Å². The smallest absolute Gasteiger partial charge is 0.417 e. The standard InChI is InChI=1S/C21H13F6NO2/c22-20(23,24)16-7-3-1-5-13(16)12-9-15(18(28-11-12)10-19(29)30)14-6-2-4-8-17(14)21(25,26)27/h1-9,11H,10H2,(H,29,30). The van der Waals surface area contributed by atoms with Crippen LogP contribution in [0.25, 0.3) is 22.3 Å². The quantitative estimate of drug-likeness (QED) is 0.516. The summed E-state index contributed by atoms with van der Waals surface area (Å²) in [6.07, 6.45) is -9.11. The summed E-state index contributed by atoms with van der Waals surface area (Å²) in [7, 11) is 0. The van der Waals surface area contributed by atoms with Crippen LogP contribution in [0, 0.1) is 0 Å². The van der Waals surface area contributed by atoms with E-state index in [0.29, 0.717) is 0 Å². The third-order valence-electron chi connectivity index (χ3n) is 4.35. The van der Waals surface area contributed by atoms with Gasteiger partial charge in [-0.15, -0.1) is 0 Å². The molecule has 3 rings (SSSR count). The predicted molar refractivity (Wildman–Crippen MR) is 96.5 cm³/mol. The second kappa shape index (κ2) is 7.81. The lowest BCUT2D eigenvalue weighted by Gasteiger charge is -2.17. The van der Waals surface area contributed by atoms with E-state index >= 15 is 0 Å². The average Bonchev–Trinajstić information content (AvgIpc) is 2.66. The van der Waals surface area contributed by atoms with Gasteiger partial charge in [0.1, 0.15) is 0 Å². The van der Waals surface area contributed by atoms with Crippen LogP contribution in [0.1, 0.15) is 16.8 Å². The number of halogens is 6. The Hall–Kier alpha value is -3.36. The summed E-state index contributed by atoms with van der Waals surface area (Å²) in [6, 6.07) is 10.1. The second-order valence-electron chi connectivity index (χ2n) is 6.38. The van der Waals surface area contributed by atoms with Crippen molar-refractivity contribution in [3.8, 4) is 22.3 Å². The zero-order chi connectivity index (χ0) is 22.1. The van der Waals surface area contributed by atoms with E-state index in [2.05, 4.69) is 4.98 Å². The lowest BCUT2D eigenvalue weighted by Crippen LogP contribution is -2.10. The Morgan fingerprint density at radius 1 is 0.800 bits per heavy atom. The molecular weight excluding hydrogens is 412 g/mol. The minimum atomic E-state index is -4.75. The lowest BCUT2D eigenvalue weighted by molar-refractivity contribution is -0.137. The molecule has 0 atom stereocenters. The number of alkyl halides is 6. The first-order valence-electron chi connectivity index (χ1n) is 8.52. The van der Waals surface area contributed by atoms with Gasteiger partial charge in [-0.3, -0.25) is 9.78 Å². The van der Waals surface area contributed by atoms with Gasteiger partial charge in [0.15, 0.2) is 0 Å². The van der Waals surface area contributed by atoms with Crippen molar-refractivity contribution in [1.29, 1.82) is 0 Å². The van der Waals surface area contributed by atoms with Gasteiger partial charge in [0.2, 0.25) is 0 Å². The SMILES string of the molecule is O=C(O)Cc1ncc(-c2ccccc2C(F)(F)F)cc1-c1ccccc1C(F)(F)F. The fourth-order valence-electron chi connectivity index (χ4n) is 3.10. The van der Waals surface area contributed by atoms with Gasteiger partial charge < -0.3 is 5.11 Å². The summed E-state index contributed by atoms with van der Waals surface area (Å²) < 4.78 is 80.6. The van der Waals surface area contributed by atoms with E-state index < -0.39 is 35.9 Å². The van der Waals surface area contributed by atoms with Gasteiger partial charge in [-0.2, -0.15) is 26.3 Å². The third-order valence-corrected chi connectivity index (χ3v) is 4.35. The van der Waals surface area contributed by atoms with Crippen LogP contribution in [-0.2, 0) is 23.6 Å². The fourth-order valence-corrected chi connectivity index (χ4v) is 3.10. The summed E-state index contributed by atoms with van der Waals surface area (Å²) >= 11 is 0. The van der Waals surface area contributed by atoms with Gasteiger partial charge in [-0.1, -0.05) is 36.4 Å². The Labute approximate surface area is 166 Å². The molecule has 0 spiro atoms. The maximum absolute atomic E-state index is 13.5. The fraction of sp³-hybridized carbons (Fsp3) is 0.143. The molecule has 0 aliphatic rings. The highest BCUT2D eigenvalue weighted by Crippen LogP contribution is 2.41. The number of nitrogens with zero attached hydrogens (tertiary/aromatic N) is 1. The minimum absolute atomic E-state index is 0.0796. The topological polar surface area (TPSA) is 50.2 Å². The Morgan fingerprint density at radius 3 is 1.83 bits per heavy atom. The van der Waals surface area contributed by atoms with Gasteiger partial charge in [0.25, 0.3) is 0 Å². The Kier molecular flexibility index (Phi) is 5.56. The highest BCUT2D eigenvalue weighted by molar-refractivity contribution is 5.81. The van der Waals surface area contributed by atoms with Crippen molar-refractivity contribution >= 4 is 5.97 Å². The zero-order valence-electron chi connectivity index (χ0n) is 15.1. The number of rotatable bonds is 4. The van der Waals surface area contributed by atoms with E-state index in [1.165, 1.54) is 30.3 Å². The molecule has 0 unspecified atom stereocenters. The first-order chi connectivity index (χ1) is 14.0. The number of hydrogen-bond acceptors (Lipinski definition) is 2. The molecule has 30 heavy (non-hydrogen) atoms. The minimum Gasteiger partial charge on any atom is -0.481 e. The van der Waals surface area contributed by atoms with Crippen LogP contribution < -0.4 is 0 Å². The van der Waals surface area contributed by atoms with E-state index in [-0.39, 0.29) is 27.9 Å². The van der Waals surface area contributed by atoms with Crippen LogP contribution in [0.2, 0.25) is 0 Å². The highest BCUT2D eigenvalue weighted by Gasteiger charge is 2.35. The van der Waals surface area contributed by atoms with E-state index in [9.17, 15) is 31.1 Å². The molecule has 1 aromatic heterocycles. The lowest BCUT2D eigenvalue weighted by atomic mass is 9.93. The van der Waals surface area contributed by atoms with Gasteiger partial charge in [0.05, 0.1) is 23.2 Å². The van der Waals surface area contributed by atoms with Crippen molar-refractivity contribution in [2.24, 2.45) is 0 Å². The first kappa shape index (κ1) is 21.4. The maximum atomic E-state index is 13.5. The van der Waals surface area contributed by atoms with Crippen molar-refractivity contribution in [1.82, 2.24) is 4.98 Å². The van der Waals surface area contributed by atoms with E-state index in [1.807, 2.05) is 0 Å². The van der Waals surface area contributed by atoms with Crippen molar-refractivity contribution < 1.29 is 36.2 Å². The molecule has 0 bridgehead atoms. The molecule has 2 aromatic carbocycles. The number of carboxylic acids is 1. The molecule has 0 amide bonds. The second-order valence-corrected chi connectivity index (χ2v) is 6.38. The van der Waals surface area contributed by atoms with Crippen molar-refractivity contribution in [2.75, 3.05) is 0 Å². The summed E-state index contributed by atoms with van der Waals surface area (Å²) in [5.74, 6) is -1.34. The van der Waals surface area contributed by atoms with Crippen molar-refractivity contribution in [2.45, 2.75) is 18.8 Å². The van der Waals surface area contributed by atoms with E-state index in [4.69, 9.17) is 5.11 Å². The van der Waals surface area contributed by atoms with Gasteiger partial charge in [-0.05, 0) is 29.3 Å². The van der Waals surface area contributed by atoms with Crippen LogP contribution in [0.4, 0.5) is 26.3 Å². The number of carboxylic acid groups (broad SMARTS) is 1. The zero-order valence-corrected chi connectivity index (χ0v) is 15.1. The third kappa shape index (κ3) is 4.45. The van der Waals surface area contributed by atoms with Crippen molar-refractivity contribution in [3.63, 3.8) is 0 Å². The van der Waals surface area contributed by atoms with Gasteiger partial charge >= 0.3 is 18.3 Å². The molecule has 156 valence electrons. The maximum Gasteiger partial charge on any atom is 0.417 e. The summed E-state index contributed by atoms with van der Waals surface area (Å²) in [4.78, 5) is 15.1. The highest BCUT2D eigenvalue weighted by atomic mass is 19.4. The molecule has 0 saturated carbocycles. The number of aromatic nitrogens is 1. The monoisotopic (exact) mass is 425 g/mol. The molecule has 0 radical (unpaired) electrons. The Bertz CT molecular complexity index is 1090. The first-order valence-corrected chi connectivity index (χ1v) is 8.52. The number of benzene rings is 2. The summed E-state index contributed by atoms with van der Waals surface area (Å²) in [6.45, 7) is 0. The van der Waals surface area contributed by atoms with E-state index in [1.54, 1.807) is 0 Å².